The number of ether oxygens (including phenoxy) is 1. The Morgan fingerprint density at radius 1 is 1.33 bits per heavy atom. The minimum absolute atomic E-state index is 0.0372. The number of alkyl carbamates (subject to hydrolysis) is 1. The van der Waals surface area contributed by atoms with Crippen LogP contribution in [-0.2, 0) is 4.74 Å². The van der Waals surface area contributed by atoms with Crippen LogP contribution in [0.4, 0.5) is 10.6 Å². The molecule has 1 amide bonds. The number of hydrogen-bond acceptors (Lipinski definition) is 5. The van der Waals surface area contributed by atoms with Gasteiger partial charge >= 0.3 is 6.09 Å². The van der Waals surface area contributed by atoms with E-state index in [1.165, 1.54) is 0 Å². The number of halogens is 1. The smallest absolute Gasteiger partial charge is 0.407 e. The summed E-state index contributed by atoms with van der Waals surface area (Å²) in [5.74, 6) is 0.599. The number of carbonyl (C=O) groups is 1. The maximum atomic E-state index is 12.0. The number of aromatic nitrogens is 1. The summed E-state index contributed by atoms with van der Waals surface area (Å²) in [7, 11) is 0. The summed E-state index contributed by atoms with van der Waals surface area (Å²) in [4.78, 5) is 16.2. The second-order valence-corrected chi connectivity index (χ2v) is 7.29. The Bertz CT molecular complexity index is 636. The van der Waals surface area contributed by atoms with Crippen molar-refractivity contribution in [2.24, 2.45) is 0 Å². The highest BCUT2D eigenvalue weighted by molar-refractivity contribution is 6.30. The van der Waals surface area contributed by atoms with Gasteiger partial charge in [-0.05, 0) is 45.7 Å². The zero-order valence-electron chi connectivity index (χ0n) is 14.2. The molecule has 7 heteroatoms. The number of pyridine rings is 1. The number of nitriles is 1. The van der Waals surface area contributed by atoms with Crippen LogP contribution in [0.3, 0.4) is 0 Å². The van der Waals surface area contributed by atoms with Crippen molar-refractivity contribution < 1.29 is 9.53 Å². The molecule has 1 aliphatic carbocycles. The average Bonchev–Trinajstić information content (AvgIpc) is 2.47. The van der Waals surface area contributed by atoms with Crippen molar-refractivity contribution >= 4 is 23.5 Å². The van der Waals surface area contributed by atoms with E-state index in [4.69, 9.17) is 21.6 Å². The molecule has 1 fully saturated rings. The fourth-order valence-electron chi connectivity index (χ4n) is 2.72. The van der Waals surface area contributed by atoms with Crippen molar-refractivity contribution in [2.75, 3.05) is 5.32 Å². The van der Waals surface area contributed by atoms with Crippen LogP contribution in [0.15, 0.2) is 12.1 Å². The van der Waals surface area contributed by atoms with Crippen LogP contribution in [0.1, 0.15) is 52.0 Å². The standard InChI is InChI=1S/C17H23ClN4O2/c1-17(2,3)24-16(23)21-13-7-5-4-6-12(13)20-14-9-8-11(10-19)15(18)22-14/h8-9,12-13H,4-7H2,1-3H3,(H,20,22)(H,21,23). The van der Waals surface area contributed by atoms with E-state index in [1.807, 2.05) is 26.8 Å². The number of amides is 1. The van der Waals surface area contributed by atoms with Gasteiger partial charge in [-0.15, -0.1) is 0 Å². The van der Waals surface area contributed by atoms with Gasteiger partial charge < -0.3 is 15.4 Å². The lowest BCUT2D eigenvalue weighted by atomic mass is 9.90. The lowest BCUT2D eigenvalue weighted by Gasteiger charge is -2.33. The van der Waals surface area contributed by atoms with Crippen LogP contribution in [0.2, 0.25) is 5.15 Å². The molecule has 2 atom stereocenters. The van der Waals surface area contributed by atoms with Crippen LogP contribution >= 0.6 is 11.6 Å². The zero-order chi connectivity index (χ0) is 17.7. The minimum atomic E-state index is -0.524. The third-order valence-corrected chi connectivity index (χ3v) is 4.06. The second kappa shape index (κ2) is 7.71. The van der Waals surface area contributed by atoms with Crippen LogP contribution in [0.25, 0.3) is 0 Å². The molecule has 0 bridgehead atoms. The van der Waals surface area contributed by atoms with E-state index in [2.05, 4.69) is 15.6 Å². The summed E-state index contributed by atoms with van der Waals surface area (Å²) in [5, 5.41) is 15.3. The highest BCUT2D eigenvalue weighted by Gasteiger charge is 2.28. The fraction of sp³-hybridized carbons (Fsp3) is 0.588. The maximum Gasteiger partial charge on any atom is 0.407 e. The number of hydrogen-bond donors (Lipinski definition) is 2. The molecule has 0 spiro atoms. The molecule has 6 nitrogen and oxygen atoms in total. The number of nitrogens with one attached hydrogen (secondary N) is 2. The molecule has 0 aromatic carbocycles. The molecule has 1 aromatic rings. The summed E-state index contributed by atoms with van der Waals surface area (Å²) in [6, 6.07) is 5.36. The lowest BCUT2D eigenvalue weighted by Crippen LogP contribution is -2.49. The van der Waals surface area contributed by atoms with E-state index < -0.39 is 11.7 Å². The van der Waals surface area contributed by atoms with Gasteiger partial charge in [-0.1, -0.05) is 24.4 Å². The van der Waals surface area contributed by atoms with E-state index in [0.717, 1.165) is 25.7 Å². The quantitative estimate of drug-likeness (QED) is 0.808. The van der Waals surface area contributed by atoms with Gasteiger partial charge in [0.05, 0.1) is 11.6 Å². The summed E-state index contributed by atoms with van der Waals surface area (Å²) in [6.45, 7) is 5.52. The molecular weight excluding hydrogens is 328 g/mol. The molecule has 2 unspecified atom stereocenters. The molecule has 2 rings (SSSR count). The van der Waals surface area contributed by atoms with Crippen molar-refractivity contribution in [3.05, 3.63) is 22.8 Å². The number of anilines is 1. The Labute approximate surface area is 147 Å². The first-order valence-electron chi connectivity index (χ1n) is 8.11. The first-order valence-corrected chi connectivity index (χ1v) is 8.49. The Kier molecular flexibility index (Phi) is 5.89. The van der Waals surface area contributed by atoms with E-state index in [9.17, 15) is 4.79 Å². The summed E-state index contributed by atoms with van der Waals surface area (Å²) in [6.07, 6.45) is 3.52. The van der Waals surface area contributed by atoms with E-state index in [1.54, 1.807) is 12.1 Å². The van der Waals surface area contributed by atoms with Crippen molar-refractivity contribution in [1.29, 1.82) is 5.26 Å². The predicted octanol–water partition coefficient (Wildman–Crippen LogP) is 3.85. The van der Waals surface area contributed by atoms with Gasteiger partial charge in [0, 0.05) is 6.04 Å². The molecule has 2 N–H and O–H groups in total. The number of carbonyl (C=O) groups excluding carboxylic acids is 1. The highest BCUT2D eigenvalue weighted by Crippen LogP contribution is 2.23. The van der Waals surface area contributed by atoms with Crippen LogP contribution in [0, 0.1) is 11.3 Å². The third-order valence-electron chi connectivity index (χ3n) is 3.77. The lowest BCUT2D eigenvalue weighted by molar-refractivity contribution is 0.0488. The molecule has 1 heterocycles. The SMILES string of the molecule is CC(C)(C)OC(=O)NC1CCCCC1Nc1ccc(C#N)c(Cl)n1. The highest BCUT2D eigenvalue weighted by atomic mass is 35.5. The molecule has 130 valence electrons. The van der Waals surface area contributed by atoms with Crippen molar-refractivity contribution in [3.63, 3.8) is 0 Å². The van der Waals surface area contributed by atoms with Gasteiger partial charge in [-0.25, -0.2) is 9.78 Å². The second-order valence-electron chi connectivity index (χ2n) is 6.93. The molecule has 1 aliphatic rings. The summed E-state index contributed by atoms with van der Waals surface area (Å²) < 4.78 is 5.34. The van der Waals surface area contributed by atoms with Gasteiger partial charge in [0.15, 0.2) is 0 Å². The third kappa shape index (κ3) is 5.27. The topological polar surface area (TPSA) is 87.0 Å². The van der Waals surface area contributed by atoms with E-state index >= 15 is 0 Å². The monoisotopic (exact) mass is 350 g/mol. The van der Waals surface area contributed by atoms with Crippen LogP contribution in [0.5, 0.6) is 0 Å². The predicted molar refractivity (Wildman–Crippen MR) is 93.0 cm³/mol. The van der Waals surface area contributed by atoms with Crippen molar-refractivity contribution in [3.8, 4) is 6.07 Å². The van der Waals surface area contributed by atoms with Gasteiger partial charge in [-0.2, -0.15) is 5.26 Å². The molecule has 0 saturated heterocycles. The van der Waals surface area contributed by atoms with Crippen LogP contribution in [-0.4, -0.2) is 28.8 Å². The summed E-state index contributed by atoms with van der Waals surface area (Å²) >= 11 is 5.98. The molecule has 0 aliphatic heterocycles. The van der Waals surface area contributed by atoms with Crippen LogP contribution < -0.4 is 10.6 Å². The normalized spacial score (nSPS) is 20.8. The van der Waals surface area contributed by atoms with E-state index in [0.29, 0.717) is 11.4 Å². The molecule has 24 heavy (non-hydrogen) atoms. The zero-order valence-corrected chi connectivity index (χ0v) is 15.0. The molecular formula is C17H23ClN4O2. The minimum Gasteiger partial charge on any atom is -0.444 e. The first kappa shape index (κ1) is 18.3. The Hall–Kier alpha value is -2.00. The van der Waals surface area contributed by atoms with Gasteiger partial charge in [0.25, 0.3) is 0 Å². The average molecular weight is 351 g/mol. The number of rotatable bonds is 3. The van der Waals surface area contributed by atoms with Gasteiger partial charge in [0.1, 0.15) is 22.6 Å². The fourth-order valence-corrected chi connectivity index (χ4v) is 2.92. The maximum absolute atomic E-state index is 12.0. The Morgan fingerprint density at radius 2 is 2.00 bits per heavy atom. The van der Waals surface area contributed by atoms with E-state index in [-0.39, 0.29) is 17.2 Å². The Balaban J connectivity index is 2.03. The van der Waals surface area contributed by atoms with Gasteiger partial charge in [-0.3, -0.25) is 0 Å². The molecule has 0 radical (unpaired) electrons. The summed E-state index contributed by atoms with van der Waals surface area (Å²) in [5.41, 5.74) is -0.182. The van der Waals surface area contributed by atoms with Crippen molar-refractivity contribution in [1.82, 2.24) is 10.3 Å². The largest absolute Gasteiger partial charge is 0.444 e. The molecule has 1 aromatic heterocycles. The van der Waals surface area contributed by atoms with Crippen molar-refractivity contribution in [2.45, 2.75) is 64.1 Å². The Morgan fingerprint density at radius 3 is 2.58 bits per heavy atom. The first-order chi connectivity index (χ1) is 11.3. The van der Waals surface area contributed by atoms with Gasteiger partial charge in [0.2, 0.25) is 0 Å². The number of nitrogens with zero attached hydrogens (tertiary/aromatic N) is 2. The molecule has 1 saturated carbocycles.